The Hall–Kier alpha value is -1.78. The molecule has 3 nitrogen and oxygen atoms in total. The molecular formula is C15H15ClFNO2. The van der Waals surface area contributed by atoms with Crippen LogP contribution < -0.4 is 15.2 Å². The number of methoxy groups -OCH3 is 1. The van der Waals surface area contributed by atoms with Gasteiger partial charge in [0.2, 0.25) is 0 Å². The van der Waals surface area contributed by atoms with Crippen molar-refractivity contribution in [2.24, 2.45) is 5.73 Å². The summed E-state index contributed by atoms with van der Waals surface area (Å²) in [6, 6.07) is 9.88. The topological polar surface area (TPSA) is 44.5 Å². The zero-order valence-corrected chi connectivity index (χ0v) is 11.8. The third-order valence-electron chi connectivity index (χ3n) is 2.85. The van der Waals surface area contributed by atoms with Crippen LogP contribution >= 0.6 is 11.6 Å². The summed E-state index contributed by atoms with van der Waals surface area (Å²) in [5, 5.41) is 0.390. The molecule has 0 atom stereocenters. The van der Waals surface area contributed by atoms with Gasteiger partial charge in [-0.05, 0) is 23.8 Å². The Labute approximate surface area is 122 Å². The molecule has 0 unspecified atom stereocenters. The first-order valence-electron chi connectivity index (χ1n) is 6.08. The van der Waals surface area contributed by atoms with Gasteiger partial charge in [-0.25, -0.2) is 4.39 Å². The van der Waals surface area contributed by atoms with Crippen LogP contribution in [0.4, 0.5) is 4.39 Å². The van der Waals surface area contributed by atoms with E-state index in [1.54, 1.807) is 30.3 Å². The Kier molecular flexibility index (Phi) is 4.82. The molecule has 0 heterocycles. The van der Waals surface area contributed by atoms with Gasteiger partial charge in [-0.1, -0.05) is 29.8 Å². The summed E-state index contributed by atoms with van der Waals surface area (Å²) < 4.78 is 24.3. The van der Waals surface area contributed by atoms with Crippen LogP contribution in [-0.4, -0.2) is 7.11 Å². The highest BCUT2D eigenvalue weighted by atomic mass is 35.5. The summed E-state index contributed by atoms with van der Waals surface area (Å²) >= 11 is 6.14. The molecule has 0 aliphatic carbocycles. The second-order valence-electron chi connectivity index (χ2n) is 4.19. The maximum atomic E-state index is 13.5. The predicted octanol–water partition coefficient (Wildman–Crippen LogP) is 3.53. The number of halogens is 2. The number of hydrogen-bond acceptors (Lipinski definition) is 3. The molecule has 0 radical (unpaired) electrons. The van der Waals surface area contributed by atoms with Crippen molar-refractivity contribution < 1.29 is 13.9 Å². The van der Waals surface area contributed by atoms with Crippen molar-refractivity contribution in [3.8, 4) is 11.5 Å². The number of nitrogens with two attached hydrogens (primary N) is 1. The minimum atomic E-state index is -0.318. The molecule has 106 valence electrons. The molecule has 0 spiro atoms. The van der Waals surface area contributed by atoms with Crippen molar-refractivity contribution >= 4 is 11.6 Å². The quantitative estimate of drug-likeness (QED) is 0.918. The van der Waals surface area contributed by atoms with Gasteiger partial charge < -0.3 is 15.2 Å². The SMILES string of the molecule is COc1cc(CN)cc(Cl)c1OCc1ccccc1F. The smallest absolute Gasteiger partial charge is 0.180 e. The molecule has 2 aromatic carbocycles. The summed E-state index contributed by atoms with van der Waals surface area (Å²) in [6.45, 7) is 0.425. The zero-order chi connectivity index (χ0) is 14.5. The number of rotatable bonds is 5. The molecule has 2 N–H and O–H groups in total. The van der Waals surface area contributed by atoms with Crippen LogP contribution in [0.15, 0.2) is 36.4 Å². The molecule has 0 fully saturated rings. The van der Waals surface area contributed by atoms with Crippen LogP contribution in [0.2, 0.25) is 5.02 Å². The normalized spacial score (nSPS) is 10.4. The molecule has 0 aromatic heterocycles. The van der Waals surface area contributed by atoms with Crippen molar-refractivity contribution in [2.45, 2.75) is 13.2 Å². The van der Waals surface area contributed by atoms with E-state index in [0.29, 0.717) is 28.6 Å². The van der Waals surface area contributed by atoms with Gasteiger partial charge in [0, 0.05) is 12.1 Å². The van der Waals surface area contributed by atoms with E-state index >= 15 is 0 Å². The van der Waals surface area contributed by atoms with Gasteiger partial charge in [-0.3, -0.25) is 0 Å². The Bertz CT molecular complexity index is 604. The molecule has 0 saturated heterocycles. The lowest BCUT2D eigenvalue weighted by molar-refractivity contribution is 0.280. The molecule has 5 heteroatoms. The fraction of sp³-hybridized carbons (Fsp3) is 0.200. The van der Waals surface area contributed by atoms with Crippen LogP contribution in [0, 0.1) is 5.82 Å². The van der Waals surface area contributed by atoms with Gasteiger partial charge in [-0.15, -0.1) is 0 Å². The number of ether oxygens (including phenoxy) is 2. The Morgan fingerprint density at radius 1 is 1.25 bits per heavy atom. The molecule has 0 amide bonds. The highest BCUT2D eigenvalue weighted by Crippen LogP contribution is 2.36. The lowest BCUT2D eigenvalue weighted by atomic mass is 10.2. The molecule has 0 saturated carbocycles. The van der Waals surface area contributed by atoms with Crippen molar-refractivity contribution in [1.29, 1.82) is 0 Å². The maximum absolute atomic E-state index is 13.5. The Morgan fingerprint density at radius 3 is 2.65 bits per heavy atom. The van der Waals surface area contributed by atoms with Gasteiger partial charge >= 0.3 is 0 Å². The molecule has 0 aliphatic rings. The predicted molar refractivity (Wildman–Crippen MR) is 76.6 cm³/mol. The second kappa shape index (κ2) is 6.59. The largest absolute Gasteiger partial charge is 0.493 e. The van der Waals surface area contributed by atoms with Crippen molar-refractivity contribution in [2.75, 3.05) is 7.11 Å². The average Bonchev–Trinajstić information content (AvgIpc) is 2.46. The molecule has 20 heavy (non-hydrogen) atoms. The van der Waals surface area contributed by atoms with E-state index in [1.807, 2.05) is 0 Å². The van der Waals surface area contributed by atoms with Gasteiger partial charge in [0.15, 0.2) is 11.5 Å². The van der Waals surface area contributed by atoms with E-state index in [0.717, 1.165) is 5.56 Å². The Balaban J connectivity index is 2.23. The van der Waals surface area contributed by atoms with E-state index in [-0.39, 0.29) is 12.4 Å². The summed E-state index contributed by atoms with van der Waals surface area (Å²) in [6.07, 6.45) is 0. The first-order chi connectivity index (χ1) is 9.65. The standard InChI is InChI=1S/C15H15ClFNO2/c1-19-14-7-10(8-18)6-12(16)15(14)20-9-11-4-2-3-5-13(11)17/h2-7H,8-9,18H2,1H3. The molecule has 2 rings (SSSR count). The zero-order valence-electron chi connectivity index (χ0n) is 11.0. The maximum Gasteiger partial charge on any atom is 0.180 e. The van der Waals surface area contributed by atoms with Crippen LogP contribution in [0.3, 0.4) is 0 Å². The highest BCUT2D eigenvalue weighted by molar-refractivity contribution is 6.32. The van der Waals surface area contributed by atoms with E-state index in [4.69, 9.17) is 26.8 Å². The van der Waals surface area contributed by atoms with Gasteiger partial charge in [0.05, 0.1) is 12.1 Å². The fourth-order valence-corrected chi connectivity index (χ4v) is 2.08. The average molecular weight is 296 g/mol. The monoisotopic (exact) mass is 295 g/mol. The van der Waals surface area contributed by atoms with Crippen LogP contribution in [0.25, 0.3) is 0 Å². The minimum absolute atomic E-state index is 0.0741. The molecule has 0 bridgehead atoms. The summed E-state index contributed by atoms with van der Waals surface area (Å²) in [5.41, 5.74) is 6.86. The number of benzene rings is 2. The van der Waals surface area contributed by atoms with E-state index in [1.165, 1.54) is 13.2 Å². The van der Waals surface area contributed by atoms with Gasteiger partial charge in [0.25, 0.3) is 0 Å². The van der Waals surface area contributed by atoms with E-state index in [2.05, 4.69) is 0 Å². The minimum Gasteiger partial charge on any atom is -0.493 e. The third kappa shape index (κ3) is 3.21. The second-order valence-corrected chi connectivity index (χ2v) is 4.60. The highest BCUT2D eigenvalue weighted by Gasteiger charge is 2.12. The van der Waals surface area contributed by atoms with Crippen LogP contribution in [0.5, 0.6) is 11.5 Å². The fourth-order valence-electron chi connectivity index (χ4n) is 1.80. The Morgan fingerprint density at radius 2 is 2.00 bits per heavy atom. The van der Waals surface area contributed by atoms with E-state index in [9.17, 15) is 4.39 Å². The first kappa shape index (κ1) is 14.6. The van der Waals surface area contributed by atoms with Crippen LogP contribution in [-0.2, 0) is 13.2 Å². The van der Waals surface area contributed by atoms with Gasteiger partial charge in [-0.2, -0.15) is 0 Å². The lowest BCUT2D eigenvalue weighted by Crippen LogP contribution is -2.02. The van der Waals surface area contributed by atoms with Crippen molar-refractivity contribution in [3.63, 3.8) is 0 Å². The summed E-state index contributed by atoms with van der Waals surface area (Å²) in [7, 11) is 1.52. The first-order valence-corrected chi connectivity index (χ1v) is 6.46. The van der Waals surface area contributed by atoms with Crippen LogP contribution in [0.1, 0.15) is 11.1 Å². The summed E-state index contributed by atoms with van der Waals surface area (Å²) in [4.78, 5) is 0. The summed E-state index contributed by atoms with van der Waals surface area (Å²) in [5.74, 6) is 0.546. The molecule has 2 aromatic rings. The molecule has 0 aliphatic heterocycles. The number of hydrogen-bond donors (Lipinski definition) is 1. The third-order valence-corrected chi connectivity index (χ3v) is 3.14. The lowest BCUT2D eigenvalue weighted by Gasteiger charge is -2.14. The van der Waals surface area contributed by atoms with Crippen molar-refractivity contribution in [1.82, 2.24) is 0 Å². The van der Waals surface area contributed by atoms with E-state index < -0.39 is 0 Å². The van der Waals surface area contributed by atoms with Gasteiger partial charge in [0.1, 0.15) is 12.4 Å². The van der Waals surface area contributed by atoms with Crippen molar-refractivity contribution in [3.05, 3.63) is 58.4 Å². The molecular weight excluding hydrogens is 281 g/mol.